The van der Waals surface area contributed by atoms with E-state index in [4.69, 9.17) is 10.2 Å². The molecule has 0 aliphatic heterocycles. The van der Waals surface area contributed by atoms with E-state index >= 15 is 0 Å². The summed E-state index contributed by atoms with van der Waals surface area (Å²) in [6.45, 7) is 1.56. The molecule has 2 amide bonds. The van der Waals surface area contributed by atoms with Gasteiger partial charge in [0.25, 0.3) is 0 Å². The van der Waals surface area contributed by atoms with Crippen LogP contribution in [0.1, 0.15) is 12.7 Å². The molecule has 2 aromatic rings. The Morgan fingerprint density at radius 3 is 2.71 bits per heavy atom. The van der Waals surface area contributed by atoms with Crippen LogP contribution < -0.4 is 5.73 Å². The van der Waals surface area contributed by atoms with E-state index in [-0.39, 0.29) is 0 Å². The molecule has 5 nitrogen and oxygen atoms in total. The second kappa shape index (κ2) is 6.88. The summed E-state index contributed by atoms with van der Waals surface area (Å²) in [5.74, 6) is 5.88. The van der Waals surface area contributed by atoms with E-state index in [1.54, 1.807) is 13.0 Å². The molecule has 0 spiro atoms. The van der Waals surface area contributed by atoms with E-state index in [1.165, 1.54) is 11.8 Å². The maximum Gasteiger partial charge on any atom is 0.339 e. The molecule has 0 saturated heterocycles. The average molecular weight is 302 g/mol. The SMILES string of the molecule is CC(C#Cc1ccc(Sc2ccccc2)o1)N(O)C(N)=O. The number of furan rings is 1. The number of benzene rings is 1. The second-order valence-corrected chi connectivity index (χ2v) is 5.24. The van der Waals surface area contributed by atoms with Crippen molar-refractivity contribution in [2.24, 2.45) is 5.73 Å². The first-order valence-electron chi connectivity index (χ1n) is 6.18. The molecule has 0 saturated carbocycles. The maximum atomic E-state index is 10.8. The van der Waals surface area contributed by atoms with Gasteiger partial charge in [0, 0.05) is 4.90 Å². The lowest BCUT2D eigenvalue weighted by molar-refractivity contribution is -0.0536. The number of nitrogens with zero attached hydrogens (tertiary/aromatic N) is 1. The predicted molar refractivity (Wildman–Crippen MR) is 78.8 cm³/mol. The molecule has 1 aromatic heterocycles. The summed E-state index contributed by atoms with van der Waals surface area (Å²) >= 11 is 1.49. The zero-order valence-electron chi connectivity index (χ0n) is 11.3. The van der Waals surface area contributed by atoms with E-state index in [0.29, 0.717) is 15.9 Å². The molecule has 1 heterocycles. The van der Waals surface area contributed by atoms with Crippen LogP contribution in [0.4, 0.5) is 4.79 Å². The van der Waals surface area contributed by atoms with Gasteiger partial charge >= 0.3 is 6.03 Å². The number of hydrogen-bond acceptors (Lipinski definition) is 4. The number of nitrogens with two attached hydrogens (primary N) is 1. The zero-order chi connectivity index (χ0) is 15.2. The summed E-state index contributed by atoms with van der Waals surface area (Å²) < 4.78 is 5.55. The number of rotatable bonds is 3. The van der Waals surface area contributed by atoms with Crippen molar-refractivity contribution in [3.8, 4) is 11.8 Å². The molecule has 0 aliphatic carbocycles. The van der Waals surface area contributed by atoms with Crippen molar-refractivity contribution in [2.45, 2.75) is 23.0 Å². The number of hydrogen-bond donors (Lipinski definition) is 2. The van der Waals surface area contributed by atoms with Gasteiger partial charge in [-0.1, -0.05) is 35.9 Å². The van der Waals surface area contributed by atoms with Crippen LogP contribution in [-0.4, -0.2) is 22.3 Å². The summed E-state index contributed by atoms with van der Waals surface area (Å²) in [5.41, 5.74) is 4.94. The minimum absolute atomic E-state index is 0.371. The highest BCUT2D eigenvalue weighted by Gasteiger charge is 2.12. The molecule has 1 aromatic carbocycles. The molecule has 0 bridgehead atoms. The fraction of sp³-hybridized carbons (Fsp3) is 0.133. The number of amides is 2. The van der Waals surface area contributed by atoms with Crippen molar-refractivity contribution in [1.29, 1.82) is 0 Å². The fourth-order valence-electron chi connectivity index (χ4n) is 1.47. The van der Waals surface area contributed by atoms with Gasteiger partial charge in [0.2, 0.25) is 0 Å². The summed E-state index contributed by atoms with van der Waals surface area (Å²) in [6.07, 6.45) is 0. The van der Waals surface area contributed by atoms with Gasteiger partial charge < -0.3 is 10.2 Å². The molecular weight excluding hydrogens is 288 g/mol. The first-order valence-corrected chi connectivity index (χ1v) is 6.99. The van der Waals surface area contributed by atoms with Gasteiger partial charge in [-0.15, -0.1) is 0 Å². The highest BCUT2D eigenvalue weighted by Crippen LogP contribution is 2.28. The van der Waals surface area contributed by atoms with Crippen LogP contribution in [0.5, 0.6) is 0 Å². The van der Waals surface area contributed by atoms with Crippen molar-refractivity contribution in [3.63, 3.8) is 0 Å². The van der Waals surface area contributed by atoms with Crippen molar-refractivity contribution < 1.29 is 14.4 Å². The van der Waals surface area contributed by atoms with Crippen molar-refractivity contribution in [1.82, 2.24) is 5.06 Å². The van der Waals surface area contributed by atoms with Crippen LogP contribution in [0.3, 0.4) is 0 Å². The van der Waals surface area contributed by atoms with Gasteiger partial charge in [-0.05, 0) is 37.1 Å². The van der Waals surface area contributed by atoms with Crippen LogP contribution in [0.15, 0.2) is 56.9 Å². The number of carbonyl (C=O) groups is 1. The molecule has 0 radical (unpaired) electrons. The Bertz CT molecular complexity index is 673. The highest BCUT2D eigenvalue weighted by molar-refractivity contribution is 7.99. The molecule has 21 heavy (non-hydrogen) atoms. The smallest absolute Gasteiger partial charge is 0.339 e. The van der Waals surface area contributed by atoms with E-state index in [1.807, 2.05) is 36.4 Å². The largest absolute Gasteiger partial charge is 0.441 e. The number of urea groups is 1. The van der Waals surface area contributed by atoms with Gasteiger partial charge in [-0.3, -0.25) is 5.21 Å². The molecular formula is C15H14N2O3S. The van der Waals surface area contributed by atoms with Gasteiger partial charge in [0.1, 0.15) is 6.04 Å². The number of carbonyl (C=O) groups excluding carboxylic acids is 1. The standard InChI is InChI=1S/C15H14N2O3S/c1-11(17(19)15(16)18)7-8-12-9-10-14(20-12)21-13-5-3-2-4-6-13/h2-6,9-11,19H,1H3,(H2,16,18). The second-order valence-electron chi connectivity index (χ2n) is 4.16. The monoisotopic (exact) mass is 302 g/mol. The third-order valence-electron chi connectivity index (χ3n) is 2.54. The summed E-state index contributed by atoms with van der Waals surface area (Å²) in [4.78, 5) is 11.8. The summed E-state index contributed by atoms with van der Waals surface area (Å²) in [6, 6.07) is 11.7. The molecule has 1 unspecified atom stereocenters. The Balaban J connectivity index is 2.02. The Morgan fingerprint density at radius 2 is 2.05 bits per heavy atom. The van der Waals surface area contributed by atoms with Crippen LogP contribution in [0.25, 0.3) is 0 Å². The first kappa shape index (κ1) is 15.0. The van der Waals surface area contributed by atoms with Crippen LogP contribution in [0.2, 0.25) is 0 Å². The normalized spacial score (nSPS) is 11.3. The summed E-state index contributed by atoms with van der Waals surface area (Å²) in [5, 5.41) is 10.4. The Labute approximate surface area is 126 Å². The van der Waals surface area contributed by atoms with E-state index in [0.717, 1.165) is 4.90 Å². The molecule has 108 valence electrons. The van der Waals surface area contributed by atoms with Gasteiger partial charge in [0.15, 0.2) is 10.9 Å². The van der Waals surface area contributed by atoms with Gasteiger partial charge in [-0.2, -0.15) is 5.06 Å². The molecule has 0 aliphatic rings. The van der Waals surface area contributed by atoms with E-state index < -0.39 is 12.1 Å². The minimum Gasteiger partial charge on any atom is -0.441 e. The van der Waals surface area contributed by atoms with E-state index in [9.17, 15) is 10.0 Å². The third-order valence-corrected chi connectivity index (χ3v) is 3.47. The molecule has 0 fully saturated rings. The average Bonchev–Trinajstić information content (AvgIpc) is 2.92. The first-order chi connectivity index (χ1) is 10.1. The lowest BCUT2D eigenvalue weighted by Gasteiger charge is -2.14. The highest BCUT2D eigenvalue weighted by atomic mass is 32.2. The van der Waals surface area contributed by atoms with Crippen LogP contribution >= 0.6 is 11.8 Å². The number of hydroxylamine groups is 2. The number of primary amides is 1. The van der Waals surface area contributed by atoms with Crippen molar-refractivity contribution >= 4 is 17.8 Å². The quantitative estimate of drug-likeness (QED) is 0.519. The molecule has 2 rings (SSSR count). The molecule has 1 atom stereocenters. The van der Waals surface area contributed by atoms with Crippen molar-refractivity contribution in [2.75, 3.05) is 0 Å². The van der Waals surface area contributed by atoms with Gasteiger partial charge in [0.05, 0.1) is 0 Å². The van der Waals surface area contributed by atoms with Crippen molar-refractivity contribution in [3.05, 3.63) is 48.2 Å². The van der Waals surface area contributed by atoms with Crippen LogP contribution in [0, 0.1) is 11.8 Å². The fourth-order valence-corrected chi connectivity index (χ4v) is 2.27. The Morgan fingerprint density at radius 1 is 1.33 bits per heavy atom. The Hall–Kier alpha value is -2.36. The summed E-state index contributed by atoms with van der Waals surface area (Å²) in [7, 11) is 0. The Kier molecular flexibility index (Phi) is 4.93. The minimum atomic E-state index is -0.948. The topological polar surface area (TPSA) is 79.7 Å². The zero-order valence-corrected chi connectivity index (χ0v) is 12.1. The van der Waals surface area contributed by atoms with Gasteiger partial charge in [-0.25, -0.2) is 4.79 Å². The molecule has 6 heteroatoms. The van der Waals surface area contributed by atoms with Crippen LogP contribution in [-0.2, 0) is 0 Å². The molecule has 3 N–H and O–H groups in total. The van der Waals surface area contributed by atoms with E-state index in [2.05, 4.69) is 11.8 Å². The maximum absolute atomic E-state index is 10.8. The lowest BCUT2D eigenvalue weighted by Crippen LogP contribution is -2.38. The lowest BCUT2D eigenvalue weighted by atomic mass is 10.3. The predicted octanol–water partition coefficient (Wildman–Crippen LogP) is 2.94. The third kappa shape index (κ3) is 4.31.